The minimum Gasteiger partial charge on any atom is -0.341 e. The van der Waals surface area contributed by atoms with Gasteiger partial charge in [0.25, 0.3) is 0 Å². The van der Waals surface area contributed by atoms with Gasteiger partial charge in [0.15, 0.2) is 5.82 Å². The van der Waals surface area contributed by atoms with Crippen LogP contribution in [0.3, 0.4) is 0 Å². The van der Waals surface area contributed by atoms with Crippen LogP contribution >= 0.6 is 0 Å². The average molecular weight is 312 g/mol. The van der Waals surface area contributed by atoms with Crippen LogP contribution in [0.1, 0.15) is 49.0 Å². The second-order valence-electron chi connectivity index (χ2n) is 5.76. The molecule has 0 radical (unpaired) electrons. The first-order chi connectivity index (χ1) is 11.0. The topological polar surface area (TPSA) is 83.0 Å². The van der Waals surface area contributed by atoms with Gasteiger partial charge in [0.05, 0.1) is 11.6 Å². The first-order valence-electron chi connectivity index (χ1n) is 7.55. The molecule has 1 aromatic heterocycles. The van der Waals surface area contributed by atoms with Crippen LogP contribution in [0.2, 0.25) is 0 Å². The number of carbonyl (C=O) groups is 1. The molecule has 0 N–H and O–H groups in total. The van der Waals surface area contributed by atoms with Crippen LogP contribution < -0.4 is 0 Å². The first-order valence-corrected chi connectivity index (χ1v) is 7.55. The molecule has 6 nitrogen and oxygen atoms in total. The van der Waals surface area contributed by atoms with E-state index in [4.69, 9.17) is 9.78 Å². The third-order valence-electron chi connectivity index (χ3n) is 3.45. The second-order valence-corrected chi connectivity index (χ2v) is 5.76. The van der Waals surface area contributed by atoms with E-state index in [2.05, 4.69) is 16.2 Å². The summed E-state index contributed by atoms with van der Waals surface area (Å²) in [4.78, 5) is 18.1. The fraction of sp³-hybridized carbons (Fsp3) is 0.412. The van der Waals surface area contributed by atoms with E-state index < -0.39 is 0 Å². The van der Waals surface area contributed by atoms with Gasteiger partial charge in [-0.25, -0.2) is 0 Å². The molecule has 120 valence electrons. The molecule has 0 fully saturated rings. The number of amides is 1. The number of hydrogen-bond acceptors (Lipinski definition) is 5. The number of rotatable bonds is 6. The number of nitrogens with zero attached hydrogens (tertiary/aromatic N) is 4. The van der Waals surface area contributed by atoms with Crippen molar-refractivity contribution in [3.63, 3.8) is 0 Å². The molecular formula is C17H20N4O2. The normalized spacial score (nSPS) is 10.6. The highest BCUT2D eigenvalue weighted by atomic mass is 16.5. The first kappa shape index (κ1) is 16.7. The van der Waals surface area contributed by atoms with Crippen LogP contribution in [0, 0.1) is 11.3 Å². The van der Waals surface area contributed by atoms with Crippen molar-refractivity contribution in [2.75, 3.05) is 7.05 Å². The Morgan fingerprint density at radius 1 is 1.43 bits per heavy atom. The van der Waals surface area contributed by atoms with E-state index in [0.717, 1.165) is 5.56 Å². The summed E-state index contributed by atoms with van der Waals surface area (Å²) in [5.74, 6) is 1.35. The van der Waals surface area contributed by atoms with E-state index >= 15 is 0 Å². The summed E-state index contributed by atoms with van der Waals surface area (Å²) >= 11 is 0. The van der Waals surface area contributed by atoms with Crippen molar-refractivity contribution >= 4 is 5.91 Å². The Morgan fingerprint density at radius 2 is 2.22 bits per heavy atom. The molecule has 23 heavy (non-hydrogen) atoms. The lowest BCUT2D eigenvalue weighted by Gasteiger charge is -2.17. The average Bonchev–Trinajstić information content (AvgIpc) is 3.02. The summed E-state index contributed by atoms with van der Waals surface area (Å²) in [5.41, 5.74) is 1.52. The minimum atomic E-state index is -0.00309. The Morgan fingerprint density at radius 3 is 2.87 bits per heavy atom. The van der Waals surface area contributed by atoms with Crippen molar-refractivity contribution in [2.24, 2.45) is 0 Å². The van der Waals surface area contributed by atoms with Crippen molar-refractivity contribution in [3.8, 4) is 6.07 Å². The van der Waals surface area contributed by atoms with Gasteiger partial charge < -0.3 is 9.42 Å². The molecule has 0 spiro atoms. The molecule has 1 heterocycles. The van der Waals surface area contributed by atoms with Crippen LogP contribution in [0.4, 0.5) is 0 Å². The van der Waals surface area contributed by atoms with Gasteiger partial charge >= 0.3 is 0 Å². The number of benzene rings is 1. The third-order valence-corrected chi connectivity index (χ3v) is 3.45. The van der Waals surface area contributed by atoms with Crippen molar-refractivity contribution in [3.05, 3.63) is 47.1 Å². The molecule has 0 unspecified atom stereocenters. The molecule has 0 saturated carbocycles. The largest absolute Gasteiger partial charge is 0.341 e. The van der Waals surface area contributed by atoms with Gasteiger partial charge in [0.1, 0.15) is 0 Å². The predicted octanol–water partition coefficient (Wildman–Crippen LogP) is 2.66. The van der Waals surface area contributed by atoms with E-state index in [1.807, 2.05) is 26.0 Å². The Hall–Kier alpha value is -2.68. The third kappa shape index (κ3) is 4.65. The number of hydrogen-bond donors (Lipinski definition) is 0. The van der Waals surface area contributed by atoms with Gasteiger partial charge in [-0.15, -0.1) is 0 Å². The van der Waals surface area contributed by atoms with Gasteiger partial charge in [-0.05, 0) is 17.7 Å². The monoisotopic (exact) mass is 312 g/mol. The zero-order chi connectivity index (χ0) is 16.8. The highest BCUT2D eigenvalue weighted by Gasteiger charge is 2.14. The van der Waals surface area contributed by atoms with Crippen LogP contribution in [0.15, 0.2) is 28.8 Å². The van der Waals surface area contributed by atoms with E-state index in [0.29, 0.717) is 36.7 Å². The molecule has 0 saturated heterocycles. The summed E-state index contributed by atoms with van der Waals surface area (Å²) in [6.07, 6.45) is 0.745. The molecule has 0 atom stereocenters. The van der Waals surface area contributed by atoms with Crippen molar-refractivity contribution in [1.82, 2.24) is 15.0 Å². The lowest BCUT2D eigenvalue weighted by molar-refractivity contribution is -0.130. The lowest BCUT2D eigenvalue weighted by atomic mass is 10.1. The van der Waals surface area contributed by atoms with E-state index in [1.165, 1.54) is 0 Å². The molecule has 0 bridgehead atoms. The predicted molar refractivity (Wildman–Crippen MR) is 84.3 cm³/mol. The standard InChI is InChI=1S/C17H20N4O2/c1-12(2)17-19-15(23-20-17)7-8-16(22)21(3)11-14-6-4-5-13(9-14)10-18/h4-6,9,12H,7-8,11H2,1-3H3. The van der Waals surface area contributed by atoms with Crippen molar-refractivity contribution in [1.29, 1.82) is 5.26 Å². The zero-order valence-corrected chi connectivity index (χ0v) is 13.6. The smallest absolute Gasteiger partial charge is 0.227 e. The number of aromatic nitrogens is 2. The van der Waals surface area contributed by atoms with Crippen molar-refractivity contribution in [2.45, 2.75) is 39.2 Å². The molecule has 0 aliphatic heterocycles. The van der Waals surface area contributed by atoms with E-state index in [9.17, 15) is 4.79 Å². The fourth-order valence-electron chi connectivity index (χ4n) is 2.11. The quantitative estimate of drug-likeness (QED) is 0.819. The number of nitriles is 1. The molecular weight excluding hydrogens is 292 g/mol. The maximum absolute atomic E-state index is 12.2. The van der Waals surface area contributed by atoms with Gasteiger partial charge in [0, 0.05) is 32.4 Å². The Balaban J connectivity index is 1.88. The maximum Gasteiger partial charge on any atom is 0.227 e. The molecule has 1 aromatic carbocycles. The molecule has 2 rings (SSSR count). The summed E-state index contributed by atoms with van der Waals surface area (Å²) in [6, 6.07) is 9.35. The van der Waals surface area contributed by atoms with Gasteiger partial charge in [-0.1, -0.05) is 31.1 Å². The van der Waals surface area contributed by atoms with Crippen molar-refractivity contribution < 1.29 is 9.32 Å². The Kier molecular flexibility index (Phi) is 5.47. The number of aryl methyl sites for hydroxylation is 1. The van der Waals surface area contributed by atoms with Gasteiger partial charge in [-0.3, -0.25) is 4.79 Å². The van der Waals surface area contributed by atoms with E-state index in [-0.39, 0.29) is 11.8 Å². The van der Waals surface area contributed by atoms with E-state index in [1.54, 1.807) is 24.1 Å². The minimum absolute atomic E-state index is 0.00309. The summed E-state index contributed by atoms with van der Waals surface area (Å²) in [7, 11) is 1.74. The van der Waals surface area contributed by atoms with Crippen LogP contribution in [-0.4, -0.2) is 28.0 Å². The molecule has 0 aliphatic carbocycles. The molecule has 0 aliphatic rings. The lowest BCUT2D eigenvalue weighted by Crippen LogP contribution is -2.26. The molecule has 6 heteroatoms. The molecule has 2 aromatic rings. The summed E-state index contributed by atoms with van der Waals surface area (Å²) in [5, 5.41) is 12.8. The van der Waals surface area contributed by atoms with Crippen LogP contribution in [-0.2, 0) is 17.8 Å². The molecule has 1 amide bonds. The van der Waals surface area contributed by atoms with Gasteiger partial charge in [0.2, 0.25) is 11.8 Å². The summed E-state index contributed by atoms with van der Waals surface area (Å²) < 4.78 is 5.14. The highest BCUT2D eigenvalue weighted by Crippen LogP contribution is 2.12. The van der Waals surface area contributed by atoms with Gasteiger partial charge in [-0.2, -0.15) is 10.2 Å². The highest BCUT2D eigenvalue weighted by molar-refractivity contribution is 5.76. The van der Waals surface area contributed by atoms with Crippen LogP contribution in [0.5, 0.6) is 0 Å². The number of carbonyl (C=O) groups excluding carboxylic acids is 1. The SMILES string of the molecule is CC(C)c1noc(CCC(=O)N(C)Cc2cccc(C#N)c2)n1. The zero-order valence-electron chi connectivity index (χ0n) is 13.6. The Labute approximate surface area is 135 Å². The Bertz CT molecular complexity index is 715. The fourth-order valence-corrected chi connectivity index (χ4v) is 2.11. The maximum atomic E-state index is 12.2. The van der Waals surface area contributed by atoms with Crippen LogP contribution in [0.25, 0.3) is 0 Å². The second kappa shape index (κ2) is 7.54. The summed E-state index contributed by atoms with van der Waals surface area (Å²) in [6.45, 7) is 4.45.